The lowest BCUT2D eigenvalue weighted by atomic mass is 10.2. The molecule has 0 aromatic heterocycles. The van der Waals surface area contributed by atoms with Gasteiger partial charge in [-0.1, -0.05) is 29.8 Å². The number of carbonyl (C=O) groups excluding carboxylic acids is 1. The molecule has 5 heteroatoms. The van der Waals surface area contributed by atoms with Crippen LogP contribution in [-0.2, 0) is 11.3 Å². The zero-order chi connectivity index (χ0) is 16.1. The molecule has 22 heavy (non-hydrogen) atoms. The Bertz CT molecular complexity index is 675. The lowest BCUT2D eigenvalue weighted by Gasteiger charge is -2.15. The van der Waals surface area contributed by atoms with Crippen LogP contribution in [0.1, 0.15) is 11.1 Å². The third kappa shape index (κ3) is 4.55. The SMILES string of the molecule is Cc1cc(Cl)ccc1NC(=O)C[NH+](C)Cc1ccccc1F. The van der Waals surface area contributed by atoms with Crippen molar-refractivity contribution in [2.24, 2.45) is 0 Å². The van der Waals surface area contributed by atoms with Crippen LogP contribution in [0.5, 0.6) is 0 Å². The minimum absolute atomic E-state index is 0.112. The smallest absolute Gasteiger partial charge is 0.279 e. The number of hydrogen-bond acceptors (Lipinski definition) is 1. The summed E-state index contributed by atoms with van der Waals surface area (Å²) in [6.07, 6.45) is 0. The van der Waals surface area contributed by atoms with E-state index in [0.717, 1.165) is 16.2 Å². The van der Waals surface area contributed by atoms with Crippen LogP contribution in [-0.4, -0.2) is 19.5 Å². The van der Waals surface area contributed by atoms with Crippen molar-refractivity contribution in [3.63, 3.8) is 0 Å². The standard InChI is InChI=1S/C17H18ClFN2O/c1-12-9-14(18)7-8-16(12)20-17(22)11-21(2)10-13-5-3-4-6-15(13)19/h3-9H,10-11H2,1-2H3,(H,20,22)/p+1. The van der Waals surface area contributed by atoms with Crippen molar-refractivity contribution in [2.45, 2.75) is 13.5 Å². The van der Waals surface area contributed by atoms with Gasteiger partial charge in [0.15, 0.2) is 6.54 Å². The van der Waals surface area contributed by atoms with E-state index in [1.165, 1.54) is 6.07 Å². The highest BCUT2D eigenvalue weighted by molar-refractivity contribution is 6.30. The van der Waals surface area contributed by atoms with Gasteiger partial charge >= 0.3 is 0 Å². The lowest BCUT2D eigenvalue weighted by molar-refractivity contribution is -0.885. The Morgan fingerprint density at radius 3 is 2.68 bits per heavy atom. The first-order valence-electron chi connectivity index (χ1n) is 7.06. The monoisotopic (exact) mass is 321 g/mol. The number of hydrogen-bond donors (Lipinski definition) is 2. The highest BCUT2D eigenvalue weighted by Gasteiger charge is 2.13. The van der Waals surface area contributed by atoms with Gasteiger partial charge in [0.25, 0.3) is 5.91 Å². The number of rotatable bonds is 5. The Kier molecular flexibility index (Phi) is 5.52. The molecule has 0 aliphatic carbocycles. The summed E-state index contributed by atoms with van der Waals surface area (Å²) in [4.78, 5) is 13.0. The summed E-state index contributed by atoms with van der Waals surface area (Å²) < 4.78 is 13.6. The van der Waals surface area contributed by atoms with E-state index < -0.39 is 0 Å². The molecule has 0 heterocycles. The summed E-state index contributed by atoms with van der Waals surface area (Å²) in [6.45, 7) is 2.60. The van der Waals surface area contributed by atoms with E-state index in [1.54, 1.807) is 36.4 Å². The molecule has 2 rings (SSSR count). The normalized spacial score (nSPS) is 12.0. The molecule has 116 valence electrons. The zero-order valence-electron chi connectivity index (χ0n) is 12.6. The van der Waals surface area contributed by atoms with Gasteiger partial charge in [-0.15, -0.1) is 0 Å². The van der Waals surface area contributed by atoms with Crippen LogP contribution >= 0.6 is 11.6 Å². The molecule has 0 radical (unpaired) electrons. The first-order valence-corrected chi connectivity index (χ1v) is 7.44. The van der Waals surface area contributed by atoms with Crippen LogP contribution < -0.4 is 10.2 Å². The molecule has 1 amide bonds. The van der Waals surface area contributed by atoms with E-state index in [9.17, 15) is 9.18 Å². The second-order valence-corrected chi connectivity index (χ2v) is 5.85. The van der Waals surface area contributed by atoms with E-state index in [2.05, 4.69) is 5.32 Å². The second kappa shape index (κ2) is 7.38. The lowest BCUT2D eigenvalue weighted by Crippen LogP contribution is -3.08. The van der Waals surface area contributed by atoms with Gasteiger partial charge in [0.2, 0.25) is 0 Å². The molecule has 0 fully saturated rings. The highest BCUT2D eigenvalue weighted by atomic mass is 35.5. The molecule has 0 aliphatic heterocycles. The molecule has 0 aliphatic rings. The summed E-state index contributed by atoms with van der Waals surface area (Å²) >= 11 is 5.89. The molecule has 2 aromatic rings. The van der Waals surface area contributed by atoms with E-state index in [-0.39, 0.29) is 18.3 Å². The molecule has 2 N–H and O–H groups in total. The molecule has 1 atom stereocenters. The van der Waals surface area contributed by atoms with Crippen molar-refractivity contribution >= 4 is 23.2 Å². The van der Waals surface area contributed by atoms with Gasteiger partial charge in [0.05, 0.1) is 7.05 Å². The summed E-state index contributed by atoms with van der Waals surface area (Å²) in [5, 5.41) is 3.49. The van der Waals surface area contributed by atoms with Crippen LogP contribution in [0.3, 0.4) is 0 Å². The number of amides is 1. The molecular weight excluding hydrogens is 303 g/mol. The summed E-state index contributed by atoms with van der Waals surface area (Å²) in [6, 6.07) is 11.9. The van der Waals surface area contributed by atoms with Gasteiger partial charge in [-0.2, -0.15) is 0 Å². The van der Waals surface area contributed by atoms with Crippen molar-refractivity contribution < 1.29 is 14.1 Å². The minimum Gasteiger partial charge on any atom is -0.326 e. The van der Waals surface area contributed by atoms with Crippen LogP contribution in [0.4, 0.5) is 10.1 Å². The summed E-state index contributed by atoms with van der Waals surface area (Å²) in [5.41, 5.74) is 2.26. The van der Waals surface area contributed by atoms with Crippen LogP contribution in [0.25, 0.3) is 0 Å². The van der Waals surface area contributed by atoms with E-state index in [4.69, 9.17) is 11.6 Å². The highest BCUT2D eigenvalue weighted by Crippen LogP contribution is 2.19. The number of anilines is 1. The van der Waals surface area contributed by atoms with Crippen molar-refractivity contribution in [3.05, 3.63) is 64.4 Å². The first kappa shape index (κ1) is 16.5. The Labute approximate surface area is 134 Å². The van der Waals surface area contributed by atoms with Gasteiger partial charge in [0, 0.05) is 16.3 Å². The number of aryl methyl sites for hydroxylation is 1. The number of halogens is 2. The van der Waals surface area contributed by atoms with Crippen LogP contribution in [0, 0.1) is 12.7 Å². The van der Waals surface area contributed by atoms with Crippen molar-refractivity contribution in [1.29, 1.82) is 0 Å². The number of nitrogens with one attached hydrogen (secondary N) is 2. The average Bonchev–Trinajstić information content (AvgIpc) is 2.44. The Balaban J connectivity index is 1.93. The topological polar surface area (TPSA) is 33.5 Å². The Morgan fingerprint density at radius 1 is 1.27 bits per heavy atom. The van der Waals surface area contributed by atoms with Crippen LogP contribution in [0.2, 0.25) is 5.02 Å². The summed E-state index contributed by atoms with van der Waals surface area (Å²) in [7, 11) is 1.86. The predicted molar refractivity (Wildman–Crippen MR) is 86.7 cm³/mol. The molecule has 1 unspecified atom stereocenters. The molecule has 0 saturated carbocycles. The van der Waals surface area contributed by atoms with Gasteiger partial charge < -0.3 is 10.2 Å². The minimum atomic E-state index is -0.240. The largest absolute Gasteiger partial charge is 0.326 e. The fraction of sp³-hybridized carbons (Fsp3) is 0.235. The van der Waals surface area contributed by atoms with Gasteiger partial charge in [0.1, 0.15) is 12.4 Å². The summed E-state index contributed by atoms with van der Waals surface area (Å²) in [5.74, 6) is -0.352. The Morgan fingerprint density at radius 2 is 2.00 bits per heavy atom. The second-order valence-electron chi connectivity index (χ2n) is 5.41. The molecule has 2 aromatic carbocycles. The van der Waals surface area contributed by atoms with E-state index in [1.807, 2.05) is 14.0 Å². The van der Waals surface area contributed by atoms with Crippen molar-refractivity contribution in [3.8, 4) is 0 Å². The van der Waals surface area contributed by atoms with Crippen molar-refractivity contribution in [1.82, 2.24) is 0 Å². The third-order valence-corrected chi connectivity index (χ3v) is 3.61. The number of quaternary nitrogens is 1. The average molecular weight is 322 g/mol. The fourth-order valence-electron chi connectivity index (χ4n) is 2.27. The van der Waals surface area contributed by atoms with Gasteiger partial charge in [-0.25, -0.2) is 4.39 Å². The maximum absolute atomic E-state index is 13.6. The van der Waals surface area contributed by atoms with Crippen molar-refractivity contribution in [2.75, 3.05) is 18.9 Å². The number of carbonyl (C=O) groups is 1. The van der Waals surface area contributed by atoms with E-state index in [0.29, 0.717) is 17.1 Å². The molecule has 0 bridgehead atoms. The predicted octanol–water partition coefficient (Wildman–Crippen LogP) is 2.44. The van der Waals surface area contributed by atoms with Crippen LogP contribution in [0.15, 0.2) is 42.5 Å². The van der Waals surface area contributed by atoms with Gasteiger partial charge in [-0.05, 0) is 36.8 Å². The maximum atomic E-state index is 13.6. The first-order chi connectivity index (χ1) is 10.5. The number of benzene rings is 2. The third-order valence-electron chi connectivity index (χ3n) is 3.37. The maximum Gasteiger partial charge on any atom is 0.279 e. The zero-order valence-corrected chi connectivity index (χ0v) is 13.4. The van der Waals surface area contributed by atoms with E-state index >= 15 is 0 Å². The molecular formula is C17H19ClFN2O+. The van der Waals surface area contributed by atoms with Gasteiger partial charge in [-0.3, -0.25) is 4.79 Å². The Hall–Kier alpha value is -1.91. The molecule has 3 nitrogen and oxygen atoms in total. The molecule has 0 spiro atoms. The number of likely N-dealkylation sites (N-methyl/N-ethyl adjacent to an activating group) is 1. The molecule has 0 saturated heterocycles. The quantitative estimate of drug-likeness (QED) is 0.871. The fourth-order valence-corrected chi connectivity index (χ4v) is 2.49.